The van der Waals surface area contributed by atoms with E-state index in [0.717, 1.165) is 5.56 Å². The van der Waals surface area contributed by atoms with Crippen molar-refractivity contribution in [1.29, 1.82) is 0 Å². The summed E-state index contributed by atoms with van der Waals surface area (Å²) in [4.78, 5) is 0. The summed E-state index contributed by atoms with van der Waals surface area (Å²) in [5, 5.41) is 0. The summed E-state index contributed by atoms with van der Waals surface area (Å²) in [6.07, 6.45) is 0. The predicted octanol–water partition coefficient (Wildman–Crippen LogP) is 1.76. The number of hydrogen-bond acceptors (Lipinski definition) is 2. The van der Waals surface area contributed by atoms with E-state index >= 15 is 0 Å². The van der Waals surface area contributed by atoms with Gasteiger partial charge in [-0.15, -0.1) is 0 Å². The van der Waals surface area contributed by atoms with Crippen LogP contribution in [0.5, 0.6) is 0 Å². The summed E-state index contributed by atoms with van der Waals surface area (Å²) in [5.74, 6) is 0. The molecule has 60 valence electrons. The zero-order valence-electron chi connectivity index (χ0n) is 5.80. The molecule has 4 heteroatoms. The van der Waals surface area contributed by atoms with Gasteiger partial charge in [0.2, 0.25) is 0 Å². The summed E-state index contributed by atoms with van der Waals surface area (Å²) in [6.45, 7) is 0.147. The number of nitrogens with zero attached hydrogens (tertiary/aromatic N) is 1. The first-order chi connectivity index (χ1) is 5.29. The first kappa shape index (κ1) is 8.10. The van der Waals surface area contributed by atoms with Crippen LogP contribution < -0.4 is 5.43 Å². The maximum atomic E-state index is 11.4. The first-order valence-electron chi connectivity index (χ1n) is 3.18. The third-order valence-electron chi connectivity index (χ3n) is 1.25. The molecule has 0 unspecified atom stereocenters. The zero-order valence-corrected chi connectivity index (χ0v) is 5.80. The SMILES string of the molecule is FN(F)NCc1ccccc1. The van der Waals surface area contributed by atoms with E-state index in [4.69, 9.17) is 0 Å². The van der Waals surface area contributed by atoms with Gasteiger partial charge in [-0.05, 0) is 5.56 Å². The summed E-state index contributed by atoms with van der Waals surface area (Å²) >= 11 is 0. The van der Waals surface area contributed by atoms with Gasteiger partial charge in [-0.3, -0.25) is 0 Å². The lowest BCUT2D eigenvalue weighted by atomic mass is 10.2. The fraction of sp³-hybridized carbons (Fsp3) is 0.143. The lowest BCUT2D eigenvalue weighted by molar-refractivity contribution is -0.200. The number of benzene rings is 1. The van der Waals surface area contributed by atoms with E-state index in [2.05, 4.69) is 0 Å². The zero-order chi connectivity index (χ0) is 8.10. The molecule has 0 bridgehead atoms. The number of nitrogens with one attached hydrogen (secondary N) is 1. The maximum absolute atomic E-state index is 11.4. The van der Waals surface area contributed by atoms with Crippen LogP contribution in [0, 0.1) is 0 Å². The van der Waals surface area contributed by atoms with E-state index in [1.54, 1.807) is 24.3 Å². The Balaban J connectivity index is 2.39. The molecule has 0 atom stereocenters. The number of rotatable bonds is 3. The van der Waals surface area contributed by atoms with Crippen molar-refractivity contribution < 1.29 is 8.96 Å². The normalized spacial score (nSPS) is 10.5. The molecule has 0 saturated carbocycles. The van der Waals surface area contributed by atoms with Gasteiger partial charge in [-0.1, -0.05) is 39.3 Å². The predicted molar refractivity (Wildman–Crippen MR) is 37.3 cm³/mol. The van der Waals surface area contributed by atoms with Gasteiger partial charge < -0.3 is 0 Å². The lowest BCUT2D eigenvalue weighted by Gasteiger charge is -2.02. The molecule has 0 aromatic heterocycles. The van der Waals surface area contributed by atoms with Crippen molar-refractivity contribution in [1.82, 2.24) is 10.9 Å². The molecule has 1 N–H and O–H groups in total. The molecular weight excluding hydrogens is 150 g/mol. The molecule has 0 radical (unpaired) electrons. The van der Waals surface area contributed by atoms with Crippen LogP contribution in [0.3, 0.4) is 0 Å². The number of hydrogen-bond donors (Lipinski definition) is 1. The minimum Gasteiger partial charge on any atom is -0.193 e. The van der Waals surface area contributed by atoms with Crippen molar-refractivity contribution in [2.75, 3.05) is 0 Å². The van der Waals surface area contributed by atoms with Crippen molar-refractivity contribution in [3.8, 4) is 0 Å². The largest absolute Gasteiger partial charge is 0.193 e. The minimum atomic E-state index is -1.05. The van der Waals surface area contributed by atoms with Gasteiger partial charge in [0, 0.05) is 6.54 Å². The second-order valence-electron chi connectivity index (χ2n) is 2.05. The molecule has 0 saturated heterocycles. The van der Waals surface area contributed by atoms with E-state index in [0.29, 0.717) is 0 Å². The number of halogens is 2. The highest BCUT2D eigenvalue weighted by Gasteiger charge is 1.96. The minimum absolute atomic E-state index is 0.147. The van der Waals surface area contributed by atoms with E-state index in [-0.39, 0.29) is 6.54 Å². The molecule has 0 aliphatic carbocycles. The van der Waals surface area contributed by atoms with Gasteiger partial charge in [0.15, 0.2) is 0 Å². The Morgan fingerprint density at radius 3 is 2.36 bits per heavy atom. The smallest absolute Gasteiger partial charge is 0.0956 e. The van der Waals surface area contributed by atoms with Gasteiger partial charge in [0.25, 0.3) is 0 Å². The van der Waals surface area contributed by atoms with Crippen LogP contribution in [0.25, 0.3) is 0 Å². The Morgan fingerprint density at radius 1 is 1.18 bits per heavy atom. The maximum Gasteiger partial charge on any atom is 0.0956 e. The van der Waals surface area contributed by atoms with Crippen LogP contribution in [0.2, 0.25) is 0 Å². The molecule has 1 aromatic rings. The molecule has 1 rings (SSSR count). The fourth-order valence-corrected chi connectivity index (χ4v) is 0.747. The summed E-state index contributed by atoms with van der Waals surface area (Å²) in [5.41, 5.74) is 1.64. The molecule has 0 aliphatic rings. The molecule has 0 heterocycles. The average molecular weight is 158 g/mol. The highest BCUT2D eigenvalue weighted by molar-refractivity contribution is 5.13. The summed E-state index contributed by atoms with van der Waals surface area (Å²) in [6, 6.07) is 8.99. The molecule has 0 aliphatic heterocycles. The standard InChI is InChI=1S/C7H8F2N2/c8-11(9)10-6-7-4-2-1-3-5-7/h1-5,10H,6H2. The lowest BCUT2D eigenvalue weighted by Crippen LogP contribution is -2.22. The second-order valence-corrected chi connectivity index (χ2v) is 2.05. The third-order valence-corrected chi connectivity index (χ3v) is 1.25. The monoisotopic (exact) mass is 158 g/mol. The molecule has 11 heavy (non-hydrogen) atoms. The Bertz CT molecular complexity index is 201. The van der Waals surface area contributed by atoms with Gasteiger partial charge >= 0.3 is 0 Å². The topological polar surface area (TPSA) is 15.3 Å². The Labute approximate surface area is 63.3 Å². The van der Waals surface area contributed by atoms with Crippen molar-refractivity contribution >= 4 is 0 Å². The van der Waals surface area contributed by atoms with E-state index in [1.165, 1.54) is 0 Å². The van der Waals surface area contributed by atoms with E-state index < -0.39 is 5.45 Å². The van der Waals surface area contributed by atoms with Crippen molar-refractivity contribution in [2.24, 2.45) is 0 Å². The summed E-state index contributed by atoms with van der Waals surface area (Å²) in [7, 11) is 0. The van der Waals surface area contributed by atoms with Gasteiger partial charge in [-0.25, -0.2) is 0 Å². The molecule has 2 nitrogen and oxygen atoms in total. The van der Waals surface area contributed by atoms with E-state index in [9.17, 15) is 8.96 Å². The van der Waals surface area contributed by atoms with Gasteiger partial charge in [0.05, 0.1) is 5.45 Å². The highest BCUT2D eigenvalue weighted by Crippen LogP contribution is 1.97. The highest BCUT2D eigenvalue weighted by atomic mass is 19.4. The Kier molecular flexibility index (Phi) is 2.95. The quantitative estimate of drug-likeness (QED) is 0.532. The van der Waals surface area contributed by atoms with E-state index in [1.807, 2.05) is 11.5 Å². The second kappa shape index (κ2) is 4.00. The van der Waals surface area contributed by atoms with Crippen molar-refractivity contribution in [2.45, 2.75) is 6.54 Å². The number of hydrazine groups is 1. The van der Waals surface area contributed by atoms with Crippen LogP contribution in [0.4, 0.5) is 8.96 Å². The average Bonchev–Trinajstić information content (AvgIpc) is 2.03. The Morgan fingerprint density at radius 2 is 1.82 bits per heavy atom. The van der Waals surface area contributed by atoms with Crippen molar-refractivity contribution in [3.05, 3.63) is 35.9 Å². The molecule has 1 aromatic carbocycles. The fourth-order valence-electron chi connectivity index (χ4n) is 0.747. The van der Waals surface area contributed by atoms with Crippen LogP contribution in [-0.2, 0) is 6.54 Å². The van der Waals surface area contributed by atoms with Gasteiger partial charge in [0.1, 0.15) is 0 Å². The molecule has 0 spiro atoms. The van der Waals surface area contributed by atoms with Crippen molar-refractivity contribution in [3.63, 3.8) is 0 Å². The Hall–Kier alpha value is -1.00. The van der Waals surface area contributed by atoms with Crippen LogP contribution >= 0.6 is 0 Å². The third kappa shape index (κ3) is 3.06. The van der Waals surface area contributed by atoms with Crippen LogP contribution in [0.15, 0.2) is 30.3 Å². The van der Waals surface area contributed by atoms with Crippen LogP contribution in [0.1, 0.15) is 5.56 Å². The first-order valence-corrected chi connectivity index (χ1v) is 3.18. The van der Waals surface area contributed by atoms with Crippen LogP contribution in [-0.4, -0.2) is 5.45 Å². The molecule has 0 fully saturated rings. The summed E-state index contributed by atoms with van der Waals surface area (Å²) < 4.78 is 22.9. The molecule has 0 amide bonds. The molecular formula is C7H8F2N2. The van der Waals surface area contributed by atoms with Gasteiger partial charge in [-0.2, -0.15) is 5.43 Å².